The number of nitro benzene ring substituents is 1. The number of likely N-dealkylation sites (N-methyl/N-ethyl adjacent to an activating group) is 1. The topological polar surface area (TPSA) is 69.8 Å². The van der Waals surface area contributed by atoms with Crippen molar-refractivity contribution in [1.29, 1.82) is 0 Å². The van der Waals surface area contributed by atoms with E-state index in [1.807, 2.05) is 18.2 Å². The quantitative estimate of drug-likeness (QED) is 0.669. The van der Waals surface area contributed by atoms with E-state index in [-0.39, 0.29) is 11.7 Å². The zero-order valence-corrected chi connectivity index (χ0v) is 14.3. The molecule has 1 aliphatic heterocycles. The first kappa shape index (κ1) is 17.5. The molecule has 0 amide bonds. The molecule has 2 unspecified atom stereocenters. The maximum atomic E-state index is 10.9. The fourth-order valence-electron chi connectivity index (χ4n) is 3.34. The largest absolute Gasteiger partial charge is 0.387 e. The zero-order chi connectivity index (χ0) is 17.8. The Morgan fingerprint density at radius 1 is 1.20 bits per heavy atom. The Morgan fingerprint density at radius 3 is 2.68 bits per heavy atom. The van der Waals surface area contributed by atoms with Crippen LogP contribution in [0.4, 0.5) is 5.69 Å². The summed E-state index contributed by atoms with van der Waals surface area (Å²) in [4.78, 5) is 15.1. The summed E-state index contributed by atoms with van der Waals surface area (Å²) in [5, 5.41) is 21.6. The summed E-state index contributed by atoms with van der Waals surface area (Å²) in [5.74, 6) is 0. The van der Waals surface area contributed by atoms with Crippen LogP contribution in [0.1, 0.15) is 23.3 Å². The first-order valence-corrected chi connectivity index (χ1v) is 8.44. The monoisotopic (exact) mass is 341 g/mol. The molecule has 132 valence electrons. The van der Waals surface area contributed by atoms with Gasteiger partial charge in [-0.05, 0) is 18.2 Å². The van der Waals surface area contributed by atoms with E-state index in [1.165, 1.54) is 17.7 Å². The number of piperazine rings is 1. The average Bonchev–Trinajstić information content (AvgIpc) is 2.64. The molecule has 25 heavy (non-hydrogen) atoms. The van der Waals surface area contributed by atoms with Gasteiger partial charge in [0.2, 0.25) is 0 Å². The molecule has 0 spiro atoms. The van der Waals surface area contributed by atoms with Crippen LogP contribution in [0.3, 0.4) is 0 Å². The van der Waals surface area contributed by atoms with E-state index >= 15 is 0 Å². The second kappa shape index (κ2) is 7.74. The molecule has 1 heterocycles. The van der Waals surface area contributed by atoms with Gasteiger partial charge in [-0.2, -0.15) is 0 Å². The Balaban J connectivity index is 1.77. The number of rotatable bonds is 5. The highest BCUT2D eigenvalue weighted by atomic mass is 16.6. The van der Waals surface area contributed by atoms with Gasteiger partial charge in [-0.3, -0.25) is 15.0 Å². The number of non-ortho nitro benzene ring substituents is 1. The SMILES string of the molecule is CN1CCN(CC(O)c2cccc([N+](=O)[O-])c2)C(c2ccccc2)C1. The highest BCUT2D eigenvalue weighted by molar-refractivity contribution is 5.35. The van der Waals surface area contributed by atoms with Crippen molar-refractivity contribution < 1.29 is 10.0 Å². The van der Waals surface area contributed by atoms with Crippen molar-refractivity contribution in [1.82, 2.24) is 9.80 Å². The Bertz CT molecular complexity index is 723. The second-order valence-corrected chi connectivity index (χ2v) is 6.55. The summed E-state index contributed by atoms with van der Waals surface area (Å²) in [6.45, 7) is 3.13. The molecule has 1 N–H and O–H groups in total. The van der Waals surface area contributed by atoms with Gasteiger partial charge < -0.3 is 10.0 Å². The number of benzene rings is 2. The van der Waals surface area contributed by atoms with Gasteiger partial charge in [0.1, 0.15) is 0 Å². The van der Waals surface area contributed by atoms with Crippen LogP contribution in [-0.4, -0.2) is 53.1 Å². The number of hydrogen-bond donors (Lipinski definition) is 1. The van der Waals surface area contributed by atoms with Crippen molar-refractivity contribution in [3.05, 3.63) is 75.8 Å². The van der Waals surface area contributed by atoms with Gasteiger partial charge in [-0.15, -0.1) is 0 Å². The number of hydrogen-bond acceptors (Lipinski definition) is 5. The molecular weight excluding hydrogens is 318 g/mol. The van der Waals surface area contributed by atoms with Crippen LogP contribution < -0.4 is 0 Å². The standard InChI is InChI=1S/C19H23N3O3/c1-20-10-11-21(18(13-20)15-6-3-2-4-7-15)14-19(23)16-8-5-9-17(12-16)22(24)25/h2-9,12,18-19,23H,10-11,13-14H2,1H3. The average molecular weight is 341 g/mol. The third-order valence-corrected chi connectivity index (χ3v) is 4.75. The Labute approximate surface area is 147 Å². The molecule has 0 aromatic heterocycles. The minimum Gasteiger partial charge on any atom is -0.387 e. The molecule has 0 aliphatic carbocycles. The number of nitrogens with zero attached hydrogens (tertiary/aromatic N) is 3. The van der Waals surface area contributed by atoms with Crippen LogP contribution in [0, 0.1) is 10.1 Å². The lowest BCUT2D eigenvalue weighted by molar-refractivity contribution is -0.385. The maximum absolute atomic E-state index is 10.9. The van der Waals surface area contributed by atoms with Gasteiger partial charge in [-0.25, -0.2) is 0 Å². The number of aliphatic hydroxyl groups excluding tert-OH is 1. The van der Waals surface area contributed by atoms with E-state index in [1.54, 1.807) is 12.1 Å². The van der Waals surface area contributed by atoms with Crippen molar-refractivity contribution >= 4 is 5.69 Å². The Kier molecular flexibility index (Phi) is 5.43. The van der Waals surface area contributed by atoms with Crippen molar-refractivity contribution in [2.45, 2.75) is 12.1 Å². The number of nitro groups is 1. The van der Waals surface area contributed by atoms with Gasteiger partial charge in [0.05, 0.1) is 11.0 Å². The molecule has 1 saturated heterocycles. The van der Waals surface area contributed by atoms with Crippen LogP contribution >= 0.6 is 0 Å². The van der Waals surface area contributed by atoms with E-state index in [0.29, 0.717) is 12.1 Å². The molecule has 2 atom stereocenters. The minimum atomic E-state index is -0.755. The van der Waals surface area contributed by atoms with Gasteiger partial charge in [0.25, 0.3) is 5.69 Å². The predicted molar refractivity (Wildman–Crippen MR) is 96.3 cm³/mol. The highest BCUT2D eigenvalue weighted by Crippen LogP contribution is 2.28. The summed E-state index contributed by atoms with van der Waals surface area (Å²) >= 11 is 0. The van der Waals surface area contributed by atoms with E-state index in [0.717, 1.165) is 19.6 Å². The molecule has 1 aliphatic rings. The predicted octanol–water partition coefficient (Wildman–Crippen LogP) is 2.62. The van der Waals surface area contributed by atoms with E-state index in [4.69, 9.17) is 0 Å². The summed E-state index contributed by atoms with van der Waals surface area (Å²) < 4.78 is 0. The van der Waals surface area contributed by atoms with E-state index in [9.17, 15) is 15.2 Å². The molecule has 0 radical (unpaired) electrons. The lowest BCUT2D eigenvalue weighted by Gasteiger charge is -2.41. The first-order chi connectivity index (χ1) is 12.0. The molecular formula is C19H23N3O3. The van der Waals surface area contributed by atoms with Crippen LogP contribution in [0.2, 0.25) is 0 Å². The fourth-order valence-corrected chi connectivity index (χ4v) is 3.34. The third-order valence-electron chi connectivity index (χ3n) is 4.75. The normalized spacial score (nSPS) is 20.3. The van der Waals surface area contributed by atoms with Crippen LogP contribution in [0.25, 0.3) is 0 Å². The van der Waals surface area contributed by atoms with Gasteiger partial charge in [-0.1, -0.05) is 42.5 Å². The van der Waals surface area contributed by atoms with Crippen molar-refractivity contribution in [3.63, 3.8) is 0 Å². The van der Waals surface area contributed by atoms with Gasteiger partial charge in [0, 0.05) is 44.4 Å². The fraction of sp³-hybridized carbons (Fsp3) is 0.368. The molecule has 1 fully saturated rings. The molecule has 0 bridgehead atoms. The number of aliphatic hydroxyl groups is 1. The molecule has 2 aromatic carbocycles. The summed E-state index contributed by atoms with van der Waals surface area (Å²) in [7, 11) is 2.10. The molecule has 0 saturated carbocycles. The molecule has 3 rings (SSSR count). The first-order valence-electron chi connectivity index (χ1n) is 8.44. The van der Waals surface area contributed by atoms with Crippen molar-refractivity contribution in [2.24, 2.45) is 0 Å². The van der Waals surface area contributed by atoms with E-state index < -0.39 is 11.0 Å². The highest BCUT2D eigenvalue weighted by Gasteiger charge is 2.28. The van der Waals surface area contributed by atoms with Crippen LogP contribution in [0.15, 0.2) is 54.6 Å². The second-order valence-electron chi connectivity index (χ2n) is 6.55. The maximum Gasteiger partial charge on any atom is 0.269 e. The third kappa shape index (κ3) is 4.22. The van der Waals surface area contributed by atoms with Gasteiger partial charge in [0.15, 0.2) is 0 Å². The van der Waals surface area contributed by atoms with Crippen molar-refractivity contribution in [3.8, 4) is 0 Å². The Hall–Kier alpha value is -2.28. The lowest BCUT2D eigenvalue weighted by Crippen LogP contribution is -2.48. The van der Waals surface area contributed by atoms with Crippen LogP contribution in [0.5, 0.6) is 0 Å². The van der Waals surface area contributed by atoms with E-state index in [2.05, 4.69) is 29.0 Å². The lowest BCUT2D eigenvalue weighted by atomic mass is 10.0. The summed E-state index contributed by atoms with van der Waals surface area (Å²) in [6, 6.07) is 16.7. The summed E-state index contributed by atoms with van der Waals surface area (Å²) in [6.07, 6.45) is -0.755. The van der Waals surface area contributed by atoms with Gasteiger partial charge >= 0.3 is 0 Å². The Morgan fingerprint density at radius 2 is 1.96 bits per heavy atom. The molecule has 2 aromatic rings. The zero-order valence-electron chi connectivity index (χ0n) is 14.3. The van der Waals surface area contributed by atoms with Crippen LogP contribution in [-0.2, 0) is 0 Å². The number of β-amino-alcohol motifs (C(OH)–C–C–N with tert-alkyl or cyclic N) is 1. The minimum absolute atomic E-state index is 0.00883. The summed E-state index contributed by atoms with van der Waals surface area (Å²) in [5.41, 5.74) is 1.81. The molecule has 6 nitrogen and oxygen atoms in total. The van der Waals surface area contributed by atoms with Crippen molar-refractivity contribution in [2.75, 3.05) is 33.2 Å². The molecule has 6 heteroatoms. The smallest absolute Gasteiger partial charge is 0.269 e.